The van der Waals surface area contributed by atoms with Crippen LogP contribution >= 0.6 is 0 Å². The Morgan fingerprint density at radius 2 is 1.48 bits per heavy atom. The van der Waals surface area contributed by atoms with Crippen LogP contribution in [0.4, 0.5) is 0 Å². The first-order valence-corrected chi connectivity index (χ1v) is 11.7. The standard InChI is InChI=1S/C19H39NO4S/c1-5-6-7-8-9-10-11-12-13-14-19(21)20-18(15-17(2)3)16-24-25(4,22)23/h17-18H,5-16H2,1-4H3,(H,20,21)/t18-/m0/s1. The summed E-state index contributed by atoms with van der Waals surface area (Å²) in [6, 6.07) is -0.249. The molecule has 0 rings (SSSR count). The first kappa shape index (κ1) is 24.4. The normalized spacial score (nSPS) is 13.2. The first-order chi connectivity index (χ1) is 11.7. The zero-order valence-electron chi connectivity index (χ0n) is 16.7. The van der Waals surface area contributed by atoms with Gasteiger partial charge < -0.3 is 5.32 Å². The molecule has 6 heteroatoms. The summed E-state index contributed by atoms with van der Waals surface area (Å²) in [5, 5.41) is 2.92. The fourth-order valence-corrected chi connectivity index (χ4v) is 3.25. The number of unbranched alkanes of at least 4 members (excludes halogenated alkanes) is 8. The molecule has 0 aliphatic carbocycles. The maximum atomic E-state index is 12.1. The highest BCUT2D eigenvalue weighted by molar-refractivity contribution is 7.85. The number of nitrogens with one attached hydrogen (secondary N) is 1. The van der Waals surface area contributed by atoms with Gasteiger partial charge in [-0.1, -0.05) is 72.1 Å². The highest BCUT2D eigenvalue weighted by atomic mass is 32.2. The summed E-state index contributed by atoms with van der Waals surface area (Å²) in [5.74, 6) is 0.354. The number of carbonyl (C=O) groups excluding carboxylic acids is 1. The molecule has 0 aromatic heterocycles. The third-order valence-electron chi connectivity index (χ3n) is 4.11. The molecule has 0 unspecified atom stereocenters. The first-order valence-electron chi connectivity index (χ1n) is 9.88. The molecule has 5 nitrogen and oxygen atoms in total. The van der Waals surface area contributed by atoms with Crippen molar-refractivity contribution in [1.82, 2.24) is 5.32 Å². The smallest absolute Gasteiger partial charge is 0.264 e. The second-order valence-corrected chi connectivity index (χ2v) is 9.11. The van der Waals surface area contributed by atoms with E-state index in [0.29, 0.717) is 18.8 Å². The number of hydrogen-bond donors (Lipinski definition) is 1. The lowest BCUT2D eigenvalue weighted by molar-refractivity contribution is -0.122. The molecular weight excluding hydrogens is 338 g/mol. The van der Waals surface area contributed by atoms with Gasteiger partial charge in [-0.3, -0.25) is 8.98 Å². The highest BCUT2D eigenvalue weighted by Gasteiger charge is 2.16. The Bertz CT molecular complexity index is 435. The van der Waals surface area contributed by atoms with Gasteiger partial charge in [0.2, 0.25) is 5.91 Å². The van der Waals surface area contributed by atoms with Gasteiger partial charge in [-0.25, -0.2) is 0 Å². The molecule has 0 heterocycles. The van der Waals surface area contributed by atoms with Crippen LogP contribution in [0.15, 0.2) is 0 Å². The van der Waals surface area contributed by atoms with E-state index in [1.807, 2.05) is 13.8 Å². The van der Waals surface area contributed by atoms with Crippen LogP contribution in [0.1, 0.15) is 91.4 Å². The van der Waals surface area contributed by atoms with Gasteiger partial charge in [0.15, 0.2) is 0 Å². The SMILES string of the molecule is CCCCCCCCCCCC(=O)N[C@H](COS(C)(=O)=O)CC(C)C. The van der Waals surface area contributed by atoms with E-state index in [4.69, 9.17) is 4.18 Å². The lowest BCUT2D eigenvalue weighted by Gasteiger charge is -2.20. The molecule has 0 aliphatic rings. The third kappa shape index (κ3) is 18.0. The Balaban J connectivity index is 3.86. The summed E-state index contributed by atoms with van der Waals surface area (Å²) in [6.07, 6.45) is 13.2. The number of hydrogen-bond acceptors (Lipinski definition) is 4. The zero-order chi connectivity index (χ0) is 19.1. The van der Waals surface area contributed by atoms with Gasteiger partial charge in [-0.05, 0) is 18.8 Å². The molecule has 0 radical (unpaired) electrons. The van der Waals surface area contributed by atoms with Gasteiger partial charge in [-0.2, -0.15) is 8.42 Å². The van der Waals surface area contributed by atoms with Crippen LogP contribution in [0, 0.1) is 5.92 Å². The van der Waals surface area contributed by atoms with Crippen LogP contribution in [0.3, 0.4) is 0 Å². The van der Waals surface area contributed by atoms with Gasteiger partial charge in [0.05, 0.1) is 18.9 Å². The van der Waals surface area contributed by atoms with Crippen molar-refractivity contribution in [3.63, 3.8) is 0 Å². The summed E-state index contributed by atoms with van der Waals surface area (Å²) in [4.78, 5) is 12.1. The van der Waals surface area contributed by atoms with E-state index in [0.717, 1.165) is 19.1 Å². The van der Waals surface area contributed by atoms with Gasteiger partial charge >= 0.3 is 0 Å². The molecule has 0 aromatic carbocycles. The zero-order valence-corrected chi connectivity index (χ0v) is 17.5. The molecule has 0 bridgehead atoms. The maximum Gasteiger partial charge on any atom is 0.264 e. The summed E-state index contributed by atoms with van der Waals surface area (Å²) in [7, 11) is -3.48. The largest absolute Gasteiger partial charge is 0.351 e. The predicted molar refractivity (Wildman–Crippen MR) is 104 cm³/mol. The van der Waals surface area contributed by atoms with Crippen molar-refractivity contribution in [1.29, 1.82) is 0 Å². The van der Waals surface area contributed by atoms with E-state index < -0.39 is 10.1 Å². The van der Waals surface area contributed by atoms with Gasteiger partial charge in [0.1, 0.15) is 0 Å². The van der Waals surface area contributed by atoms with E-state index >= 15 is 0 Å². The summed E-state index contributed by atoms with van der Waals surface area (Å²) < 4.78 is 27.1. The number of carbonyl (C=O) groups is 1. The molecule has 0 aliphatic heterocycles. The van der Waals surface area contributed by atoms with Gasteiger partial charge in [0, 0.05) is 6.42 Å². The molecule has 1 amide bonds. The molecule has 1 atom stereocenters. The van der Waals surface area contributed by atoms with Crippen molar-refractivity contribution in [2.75, 3.05) is 12.9 Å². The Hall–Kier alpha value is -0.620. The Labute approximate surface area is 155 Å². The van der Waals surface area contributed by atoms with Crippen molar-refractivity contribution in [3.8, 4) is 0 Å². The summed E-state index contributed by atoms with van der Waals surface area (Å²) >= 11 is 0. The van der Waals surface area contributed by atoms with E-state index in [-0.39, 0.29) is 18.6 Å². The summed E-state index contributed by atoms with van der Waals surface area (Å²) in [6.45, 7) is 6.32. The highest BCUT2D eigenvalue weighted by Crippen LogP contribution is 2.11. The third-order valence-corrected chi connectivity index (χ3v) is 4.68. The van der Waals surface area contributed by atoms with Crippen molar-refractivity contribution in [2.45, 2.75) is 97.4 Å². The second kappa shape index (κ2) is 14.5. The lowest BCUT2D eigenvalue weighted by atomic mass is 10.0. The Morgan fingerprint density at radius 1 is 0.960 bits per heavy atom. The molecule has 0 saturated heterocycles. The minimum absolute atomic E-state index is 0.00861. The molecule has 0 saturated carbocycles. The fraction of sp³-hybridized carbons (Fsp3) is 0.947. The van der Waals surface area contributed by atoms with Gasteiger partial charge in [-0.15, -0.1) is 0 Å². The predicted octanol–water partition coefficient (Wildman–Crippen LogP) is 4.41. The van der Waals surface area contributed by atoms with Crippen molar-refractivity contribution in [3.05, 3.63) is 0 Å². The molecule has 25 heavy (non-hydrogen) atoms. The van der Waals surface area contributed by atoms with E-state index in [1.165, 1.54) is 44.9 Å². The lowest BCUT2D eigenvalue weighted by Crippen LogP contribution is -2.39. The second-order valence-electron chi connectivity index (χ2n) is 7.46. The maximum absolute atomic E-state index is 12.1. The summed E-state index contributed by atoms with van der Waals surface area (Å²) in [5.41, 5.74) is 0. The minimum atomic E-state index is -3.48. The molecule has 1 N–H and O–H groups in total. The average Bonchev–Trinajstić information content (AvgIpc) is 2.50. The Morgan fingerprint density at radius 3 is 1.96 bits per heavy atom. The van der Waals surface area contributed by atoms with E-state index in [9.17, 15) is 13.2 Å². The van der Waals surface area contributed by atoms with E-state index in [2.05, 4.69) is 12.2 Å². The number of amides is 1. The van der Waals surface area contributed by atoms with Crippen LogP contribution in [-0.2, 0) is 19.1 Å². The van der Waals surface area contributed by atoms with Crippen molar-refractivity contribution >= 4 is 16.0 Å². The van der Waals surface area contributed by atoms with Crippen molar-refractivity contribution in [2.24, 2.45) is 5.92 Å². The quantitative estimate of drug-likeness (QED) is 0.319. The van der Waals surface area contributed by atoms with Crippen LogP contribution in [0.2, 0.25) is 0 Å². The Kier molecular flexibility index (Phi) is 14.2. The average molecular weight is 378 g/mol. The molecule has 150 valence electrons. The molecule has 0 aromatic rings. The minimum Gasteiger partial charge on any atom is -0.351 e. The van der Waals surface area contributed by atoms with Gasteiger partial charge in [0.25, 0.3) is 10.1 Å². The van der Waals surface area contributed by atoms with Crippen LogP contribution in [0.25, 0.3) is 0 Å². The van der Waals surface area contributed by atoms with E-state index in [1.54, 1.807) is 0 Å². The van der Waals surface area contributed by atoms with Crippen LogP contribution in [0.5, 0.6) is 0 Å². The van der Waals surface area contributed by atoms with Crippen LogP contribution < -0.4 is 5.32 Å². The molecular formula is C19H39NO4S. The topological polar surface area (TPSA) is 72.5 Å². The number of rotatable bonds is 16. The van der Waals surface area contributed by atoms with Crippen LogP contribution in [-0.4, -0.2) is 33.2 Å². The van der Waals surface area contributed by atoms with Crippen molar-refractivity contribution < 1.29 is 17.4 Å². The fourth-order valence-electron chi connectivity index (χ4n) is 2.84. The molecule has 0 fully saturated rings. The monoisotopic (exact) mass is 377 g/mol. The molecule has 0 spiro atoms.